The minimum Gasteiger partial charge on any atom is -0.434 e. The van der Waals surface area contributed by atoms with Crippen molar-refractivity contribution in [3.8, 4) is 0 Å². The molecule has 0 aliphatic heterocycles. The lowest BCUT2D eigenvalue weighted by molar-refractivity contribution is -0.138. The fourth-order valence-corrected chi connectivity index (χ4v) is 0.914. The molecule has 80 valence electrons. The van der Waals surface area contributed by atoms with Crippen LogP contribution in [0.25, 0.3) is 0 Å². The molecule has 0 rings (SSSR count). The van der Waals surface area contributed by atoms with Crippen molar-refractivity contribution in [2.75, 3.05) is 0 Å². The summed E-state index contributed by atoms with van der Waals surface area (Å²) in [6.45, 7) is 6.08. The molecule has 0 saturated carbocycles. The number of esters is 1. The van der Waals surface area contributed by atoms with Gasteiger partial charge in [-0.1, -0.05) is 32.9 Å². The zero-order valence-electron chi connectivity index (χ0n) is 9.38. The Labute approximate surface area is 86.6 Å². The minimum atomic E-state index is -0.150. The first-order valence-electron chi connectivity index (χ1n) is 5.29. The van der Waals surface area contributed by atoms with Gasteiger partial charge in [0, 0.05) is 6.42 Å². The molecule has 0 aliphatic carbocycles. The summed E-state index contributed by atoms with van der Waals surface area (Å²) >= 11 is 0. The van der Waals surface area contributed by atoms with Crippen LogP contribution >= 0.6 is 0 Å². The summed E-state index contributed by atoms with van der Waals surface area (Å²) < 4.78 is 4.98. The van der Waals surface area contributed by atoms with E-state index >= 15 is 0 Å². The zero-order chi connectivity index (χ0) is 10.8. The lowest BCUT2D eigenvalue weighted by atomic mass is 10.2. The van der Waals surface area contributed by atoms with Crippen molar-refractivity contribution in [1.82, 2.24) is 0 Å². The smallest absolute Gasteiger partial charge is 0.310 e. The number of hydrogen-bond acceptors (Lipinski definition) is 2. The van der Waals surface area contributed by atoms with E-state index in [1.165, 1.54) is 0 Å². The second kappa shape index (κ2) is 8.54. The van der Waals surface area contributed by atoms with Gasteiger partial charge in [-0.05, 0) is 24.8 Å². The molecular formula is C12H20O2. The first kappa shape index (κ1) is 12.9. The van der Waals surface area contributed by atoms with E-state index in [9.17, 15) is 4.79 Å². The highest BCUT2D eigenvalue weighted by atomic mass is 16.5. The summed E-state index contributed by atoms with van der Waals surface area (Å²) in [6.07, 6.45) is 8.83. The van der Waals surface area contributed by atoms with E-state index < -0.39 is 0 Å². The maximum absolute atomic E-state index is 11.0. The molecule has 0 atom stereocenters. The third-order valence-corrected chi connectivity index (χ3v) is 1.77. The van der Waals surface area contributed by atoms with Crippen LogP contribution in [-0.2, 0) is 9.53 Å². The van der Waals surface area contributed by atoms with Gasteiger partial charge in [0.15, 0.2) is 0 Å². The number of rotatable bonds is 6. The minimum absolute atomic E-state index is 0.150. The van der Waals surface area contributed by atoms with Crippen LogP contribution in [0.2, 0.25) is 0 Å². The fraction of sp³-hybridized carbons (Fsp3) is 0.583. The SMILES string of the molecule is CCC=CC(=COC(=O)CCC)CC. The van der Waals surface area contributed by atoms with Crippen molar-refractivity contribution >= 4 is 5.97 Å². The molecule has 0 fully saturated rings. The predicted octanol–water partition coefficient (Wildman–Crippen LogP) is 3.59. The molecule has 0 saturated heterocycles. The van der Waals surface area contributed by atoms with Gasteiger partial charge in [0.1, 0.15) is 0 Å². The van der Waals surface area contributed by atoms with Crippen molar-refractivity contribution in [2.24, 2.45) is 0 Å². The van der Waals surface area contributed by atoms with Crippen LogP contribution in [-0.4, -0.2) is 5.97 Å². The molecule has 0 amide bonds. The van der Waals surface area contributed by atoms with E-state index in [1.54, 1.807) is 6.26 Å². The van der Waals surface area contributed by atoms with Gasteiger partial charge in [0.05, 0.1) is 6.26 Å². The van der Waals surface area contributed by atoms with Crippen LogP contribution in [0.5, 0.6) is 0 Å². The molecule has 0 aliphatic rings. The quantitative estimate of drug-likeness (QED) is 0.368. The Morgan fingerprint density at radius 2 is 2.00 bits per heavy atom. The van der Waals surface area contributed by atoms with E-state index in [1.807, 2.05) is 19.9 Å². The van der Waals surface area contributed by atoms with E-state index in [-0.39, 0.29) is 5.97 Å². The first-order valence-corrected chi connectivity index (χ1v) is 5.29. The van der Waals surface area contributed by atoms with Crippen LogP contribution in [0.15, 0.2) is 24.0 Å². The average Bonchev–Trinajstić information content (AvgIpc) is 2.19. The van der Waals surface area contributed by atoms with E-state index in [4.69, 9.17) is 4.74 Å². The molecule has 14 heavy (non-hydrogen) atoms. The predicted molar refractivity (Wildman–Crippen MR) is 58.8 cm³/mol. The molecule has 0 unspecified atom stereocenters. The Bertz CT molecular complexity index is 214. The van der Waals surface area contributed by atoms with Crippen molar-refractivity contribution in [3.63, 3.8) is 0 Å². The highest BCUT2D eigenvalue weighted by Crippen LogP contribution is 2.04. The number of ether oxygens (including phenoxy) is 1. The highest BCUT2D eigenvalue weighted by Gasteiger charge is 1.98. The Balaban J connectivity index is 4.04. The van der Waals surface area contributed by atoms with E-state index in [0.717, 1.165) is 24.8 Å². The second-order valence-electron chi connectivity index (χ2n) is 3.10. The van der Waals surface area contributed by atoms with Crippen LogP contribution in [0, 0.1) is 0 Å². The number of carbonyl (C=O) groups is 1. The summed E-state index contributed by atoms with van der Waals surface area (Å²) in [6, 6.07) is 0. The maximum atomic E-state index is 11.0. The summed E-state index contributed by atoms with van der Waals surface area (Å²) in [7, 11) is 0. The van der Waals surface area contributed by atoms with Crippen molar-refractivity contribution in [3.05, 3.63) is 24.0 Å². The van der Waals surface area contributed by atoms with Crippen molar-refractivity contribution in [2.45, 2.75) is 46.5 Å². The fourth-order valence-electron chi connectivity index (χ4n) is 0.914. The van der Waals surface area contributed by atoms with Gasteiger partial charge in [-0.15, -0.1) is 0 Å². The number of hydrogen-bond donors (Lipinski definition) is 0. The summed E-state index contributed by atoms with van der Waals surface area (Å²) in [5.74, 6) is -0.150. The summed E-state index contributed by atoms with van der Waals surface area (Å²) in [5, 5.41) is 0. The lowest BCUT2D eigenvalue weighted by Crippen LogP contribution is -1.98. The Morgan fingerprint density at radius 1 is 1.29 bits per heavy atom. The molecule has 2 nitrogen and oxygen atoms in total. The van der Waals surface area contributed by atoms with Crippen LogP contribution < -0.4 is 0 Å². The number of allylic oxidation sites excluding steroid dienone is 3. The monoisotopic (exact) mass is 196 g/mol. The van der Waals surface area contributed by atoms with Gasteiger partial charge in [0.2, 0.25) is 0 Å². The number of carbonyl (C=O) groups excluding carboxylic acids is 1. The molecule has 0 spiro atoms. The largest absolute Gasteiger partial charge is 0.434 e. The molecule has 2 heteroatoms. The third-order valence-electron chi connectivity index (χ3n) is 1.77. The molecule has 0 aromatic heterocycles. The summed E-state index contributed by atoms with van der Waals surface area (Å²) in [5.41, 5.74) is 1.05. The maximum Gasteiger partial charge on any atom is 0.310 e. The molecule has 0 aromatic carbocycles. The molecule has 0 bridgehead atoms. The normalized spacial score (nSPS) is 12.1. The van der Waals surface area contributed by atoms with Crippen LogP contribution in [0.4, 0.5) is 0 Å². The molecule has 0 N–H and O–H groups in total. The topological polar surface area (TPSA) is 26.3 Å². The first-order chi connectivity index (χ1) is 6.74. The van der Waals surface area contributed by atoms with Gasteiger partial charge >= 0.3 is 5.97 Å². The van der Waals surface area contributed by atoms with E-state index in [0.29, 0.717) is 6.42 Å². The van der Waals surface area contributed by atoms with Gasteiger partial charge in [-0.25, -0.2) is 0 Å². The van der Waals surface area contributed by atoms with Crippen molar-refractivity contribution < 1.29 is 9.53 Å². The Kier molecular flexibility index (Phi) is 7.90. The molecule has 0 aromatic rings. The van der Waals surface area contributed by atoms with Crippen LogP contribution in [0.3, 0.4) is 0 Å². The third kappa shape index (κ3) is 6.46. The highest BCUT2D eigenvalue weighted by molar-refractivity contribution is 5.69. The van der Waals surface area contributed by atoms with Gasteiger partial charge < -0.3 is 4.74 Å². The summed E-state index contributed by atoms with van der Waals surface area (Å²) in [4.78, 5) is 11.0. The molecule has 0 heterocycles. The van der Waals surface area contributed by atoms with E-state index in [2.05, 4.69) is 13.0 Å². The van der Waals surface area contributed by atoms with Gasteiger partial charge in [-0.3, -0.25) is 4.79 Å². The molecular weight excluding hydrogens is 176 g/mol. The van der Waals surface area contributed by atoms with Gasteiger partial charge in [-0.2, -0.15) is 0 Å². The van der Waals surface area contributed by atoms with Crippen LogP contribution in [0.1, 0.15) is 46.5 Å². The lowest BCUT2D eigenvalue weighted by Gasteiger charge is -1.99. The average molecular weight is 196 g/mol. The Hall–Kier alpha value is -1.05. The Morgan fingerprint density at radius 3 is 2.50 bits per heavy atom. The van der Waals surface area contributed by atoms with Gasteiger partial charge in [0.25, 0.3) is 0 Å². The second-order valence-corrected chi connectivity index (χ2v) is 3.10. The van der Waals surface area contributed by atoms with Crippen molar-refractivity contribution in [1.29, 1.82) is 0 Å². The molecule has 0 radical (unpaired) electrons. The zero-order valence-corrected chi connectivity index (χ0v) is 9.38. The standard InChI is InChI=1S/C12H20O2/c1-4-7-9-11(6-3)10-14-12(13)8-5-2/h7,9-10H,4-6,8H2,1-3H3.